The van der Waals surface area contributed by atoms with Crippen molar-refractivity contribution in [3.05, 3.63) is 0 Å². The Morgan fingerprint density at radius 3 is 2.55 bits per heavy atom. The van der Waals surface area contributed by atoms with Gasteiger partial charge in [0.1, 0.15) is 0 Å². The van der Waals surface area contributed by atoms with Gasteiger partial charge in [-0.2, -0.15) is 0 Å². The maximum atomic E-state index is 11.0. The van der Waals surface area contributed by atoms with E-state index in [1.54, 1.807) is 0 Å². The van der Waals surface area contributed by atoms with Crippen molar-refractivity contribution in [3.8, 4) is 0 Å². The molecule has 0 spiro atoms. The first-order chi connectivity index (χ1) is 5.02. The molecule has 0 aliphatic carbocycles. The minimum Gasteiger partial charge on any atom is -0.481 e. The Kier molecular flexibility index (Phi) is 2.17. The summed E-state index contributed by atoms with van der Waals surface area (Å²) < 4.78 is 22.1. The van der Waals surface area contributed by atoms with Crippen LogP contribution in [0.1, 0.15) is 19.3 Å². The number of aliphatic carboxylic acids is 1. The fourth-order valence-electron chi connectivity index (χ4n) is 1.28. The van der Waals surface area contributed by atoms with Crippen molar-refractivity contribution >= 4 is 15.8 Å². The number of carboxylic acid groups (broad SMARTS) is 1. The monoisotopic (exact) mass is 178 g/mol. The topological polar surface area (TPSA) is 71.4 Å². The van der Waals surface area contributed by atoms with E-state index in [2.05, 4.69) is 0 Å². The van der Waals surface area contributed by atoms with Gasteiger partial charge in [0.2, 0.25) is 0 Å². The zero-order valence-electron chi connectivity index (χ0n) is 5.99. The minimum absolute atomic E-state index is 0.158. The maximum absolute atomic E-state index is 11.0. The lowest BCUT2D eigenvalue weighted by Gasteiger charge is -2.03. The molecular formula is C6H10O4S. The van der Waals surface area contributed by atoms with Gasteiger partial charge in [-0.25, -0.2) is 8.42 Å². The maximum Gasteiger partial charge on any atom is 0.304 e. The number of sulfone groups is 1. The van der Waals surface area contributed by atoms with Crippen LogP contribution in [0.2, 0.25) is 0 Å². The number of hydrogen-bond acceptors (Lipinski definition) is 3. The molecule has 0 aromatic heterocycles. The molecule has 1 heterocycles. The average molecular weight is 178 g/mol. The molecule has 5 heteroatoms. The summed E-state index contributed by atoms with van der Waals surface area (Å²) in [4.78, 5) is 10.2. The molecule has 0 amide bonds. The summed E-state index contributed by atoms with van der Waals surface area (Å²) in [5.41, 5.74) is 0. The van der Waals surface area contributed by atoms with Gasteiger partial charge < -0.3 is 5.11 Å². The summed E-state index contributed by atoms with van der Waals surface area (Å²) in [5.74, 6) is -0.870. The van der Waals surface area contributed by atoms with Gasteiger partial charge in [0.25, 0.3) is 0 Å². The van der Waals surface area contributed by atoms with Gasteiger partial charge in [0.05, 0.1) is 17.4 Å². The van der Waals surface area contributed by atoms with E-state index in [-0.39, 0.29) is 12.2 Å². The number of rotatable bonds is 2. The van der Waals surface area contributed by atoms with Crippen molar-refractivity contribution in [3.63, 3.8) is 0 Å². The Morgan fingerprint density at radius 2 is 2.18 bits per heavy atom. The lowest BCUT2D eigenvalue weighted by Crippen LogP contribution is -2.19. The standard InChI is InChI=1S/C6H10O4S/c7-6(8)4-5-2-1-3-11(5,9)10/h5H,1-4H2,(H,7,8). The molecule has 1 fully saturated rings. The van der Waals surface area contributed by atoms with Gasteiger partial charge in [-0.1, -0.05) is 0 Å². The zero-order valence-corrected chi connectivity index (χ0v) is 6.80. The van der Waals surface area contributed by atoms with Crippen molar-refractivity contribution in [1.29, 1.82) is 0 Å². The molecule has 0 bridgehead atoms. The SMILES string of the molecule is O=C(O)CC1CCCS1(=O)=O. The zero-order chi connectivity index (χ0) is 8.48. The largest absolute Gasteiger partial charge is 0.481 e. The van der Waals surface area contributed by atoms with Gasteiger partial charge in [-0.3, -0.25) is 4.79 Å². The second kappa shape index (κ2) is 2.81. The first kappa shape index (κ1) is 8.52. The smallest absolute Gasteiger partial charge is 0.304 e. The highest BCUT2D eigenvalue weighted by atomic mass is 32.2. The lowest BCUT2D eigenvalue weighted by molar-refractivity contribution is -0.137. The van der Waals surface area contributed by atoms with Gasteiger partial charge >= 0.3 is 5.97 Å². The van der Waals surface area contributed by atoms with E-state index < -0.39 is 21.1 Å². The van der Waals surface area contributed by atoms with Crippen molar-refractivity contribution in [2.24, 2.45) is 0 Å². The minimum atomic E-state index is -3.06. The van der Waals surface area contributed by atoms with Crippen LogP contribution < -0.4 is 0 Å². The molecule has 11 heavy (non-hydrogen) atoms. The van der Waals surface area contributed by atoms with Gasteiger partial charge in [-0.15, -0.1) is 0 Å². The van der Waals surface area contributed by atoms with E-state index in [1.165, 1.54) is 0 Å². The van der Waals surface area contributed by atoms with Crippen LogP contribution >= 0.6 is 0 Å². The fraction of sp³-hybridized carbons (Fsp3) is 0.833. The Morgan fingerprint density at radius 1 is 1.55 bits per heavy atom. The van der Waals surface area contributed by atoms with Crippen molar-refractivity contribution in [2.45, 2.75) is 24.5 Å². The fourth-order valence-corrected chi connectivity index (χ4v) is 3.11. The summed E-state index contributed by atoms with van der Waals surface area (Å²) in [7, 11) is -3.06. The molecule has 1 unspecified atom stereocenters. The summed E-state index contributed by atoms with van der Waals surface area (Å²) in [6.45, 7) is 0. The molecule has 0 radical (unpaired) electrons. The van der Waals surface area contributed by atoms with Crippen molar-refractivity contribution in [1.82, 2.24) is 0 Å². The van der Waals surface area contributed by atoms with E-state index in [9.17, 15) is 13.2 Å². The molecule has 1 saturated heterocycles. The number of carboxylic acids is 1. The Balaban J connectivity index is 2.66. The number of carbonyl (C=O) groups is 1. The van der Waals surface area contributed by atoms with Crippen molar-refractivity contribution in [2.75, 3.05) is 5.75 Å². The Labute approximate surface area is 65.1 Å². The van der Waals surface area contributed by atoms with Gasteiger partial charge in [-0.05, 0) is 12.8 Å². The van der Waals surface area contributed by atoms with Crippen LogP contribution in [0.5, 0.6) is 0 Å². The normalized spacial score (nSPS) is 28.5. The summed E-state index contributed by atoms with van der Waals surface area (Å²) in [6, 6.07) is 0. The lowest BCUT2D eigenvalue weighted by atomic mass is 10.2. The third-order valence-electron chi connectivity index (χ3n) is 1.87. The summed E-state index contributed by atoms with van der Waals surface area (Å²) >= 11 is 0. The quantitative estimate of drug-likeness (QED) is 0.648. The second-order valence-corrected chi connectivity index (χ2v) is 5.13. The summed E-state index contributed by atoms with van der Waals surface area (Å²) in [6.07, 6.45) is 0.886. The molecule has 4 nitrogen and oxygen atoms in total. The molecule has 0 saturated carbocycles. The van der Waals surface area contributed by atoms with E-state index in [0.29, 0.717) is 12.8 Å². The van der Waals surface area contributed by atoms with Crippen molar-refractivity contribution < 1.29 is 18.3 Å². The Hall–Kier alpha value is -0.580. The third-order valence-corrected chi connectivity index (χ3v) is 4.14. The summed E-state index contributed by atoms with van der Waals surface area (Å²) in [5, 5.41) is 7.72. The highest BCUT2D eigenvalue weighted by molar-refractivity contribution is 7.92. The van der Waals surface area contributed by atoms with Crippen LogP contribution in [0.25, 0.3) is 0 Å². The van der Waals surface area contributed by atoms with Gasteiger partial charge in [0.15, 0.2) is 9.84 Å². The third kappa shape index (κ3) is 1.92. The molecule has 0 aromatic rings. The predicted octanol–water partition coefficient (Wildman–Crippen LogP) is 0.0383. The van der Waals surface area contributed by atoms with Crippen LogP contribution in [-0.2, 0) is 14.6 Å². The van der Waals surface area contributed by atoms with Crippen LogP contribution in [0, 0.1) is 0 Å². The van der Waals surface area contributed by atoms with E-state index in [4.69, 9.17) is 5.11 Å². The molecule has 1 aliphatic heterocycles. The van der Waals surface area contributed by atoms with Crippen LogP contribution in [-0.4, -0.2) is 30.5 Å². The average Bonchev–Trinajstić information content (AvgIpc) is 2.10. The van der Waals surface area contributed by atoms with E-state index >= 15 is 0 Å². The highest BCUT2D eigenvalue weighted by Gasteiger charge is 2.32. The molecular weight excluding hydrogens is 168 g/mol. The first-order valence-electron chi connectivity index (χ1n) is 3.46. The van der Waals surface area contributed by atoms with Crippen LogP contribution in [0.15, 0.2) is 0 Å². The highest BCUT2D eigenvalue weighted by Crippen LogP contribution is 2.22. The second-order valence-electron chi connectivity index (χ2n) is 2.73. The Bertz CT molecular complexity index is 254. The molecule has 1 atom stereocenters. The van der Waals surface area contributed by atoms with Gasteiger partial charge in [0, 0.05) is 0 Å². The first-order valence-corrected chi connectivity index (χ1v) is 5.17. The van der Waals surface area contributed by atoms with Crippen LogP contribution in [0.4, 0.5) is 0 Å². The van der Waals surface area contributed by atoms with E-state index in [0.717, 1.165) is 0 Å². The van der Waals surface area contributed by atoms with E-state index in [1.807, 2.05) is 0 Å². The molecule has 1 aliphatic rings. The predicted molar refractivity (Wildman–Crippen MR) is 39.1 cm³/mol. The molecule has 1 N–H and O–H groups in total. The van der Waals surface area contributed by atoms with Crippen LogP contribution in [0.3, 0.4) is 0 Å². The molecule has 0 aromatic carbocycles. The molecule has 1 rings (SSSR count). The molecule has 64 valence electrons. The number of hydrogen-bond donors (Lipinski definition) is 1.